The number of rotatable bonds is 8. The third-order valence-corrected chi connectivity index (χ3v) is 2.03. The first-order valence-electron chi connectivity index (χ1n) is 5.50. The highest BCUT2D eigenvalue weighted by Crippen LogP contribution is 2.05. The van der Waals surface area contributed by atoms with Crippen LogP contribution in [-0.2, 0) is 9.53 Å². The number of ether oxygens (including phenoxy) is 1. The van der Waals surface area contributed by atoms with E-state index in [0.717, 1.165) is 0 Å². The summed E-state index contributed by atoms with van der Waals surface area (Å²) in [6, 6.07) is 0. The van der Waals surface area contributed by atoms with Crippen LogP contribution >= 0.6 is 0 Å². The van der Waals surface area contributed by atoms with Gasteiger partial charge < -0.3 is 24.2 Å². The van der Waals surface area contributed by atoms with Crippen LogP contribution in [0.5, 0.6) is 0 Å². The highest BCUT2D eigenvalue weighted by atomic mass is 16.5. The van der Waals surface area contributed by atoms with E-state index in [2.05, 4.69) is 0 Å². The Kier molecular flexibility index (Phi) is 6.55. The molecule has 2 atom stereocenters. The molecule has 0 rings (SSSR count). The minimum absolute atomic E-state index is 0.102. The predicted molar refractivity (Wildman–Crippen MR) is 58.6 cm³/mol. The van der Waals surface area contributed by atoms with Crippen molar-refractivity contribution >= 4 is 5.97 Å². The van der Waals surface area contributed by atoms with E-state index in [9.17, 15) is 9.90 Å². The molecule has 0 saturated carbocycles. The molecule has 0 heterocycles. The van der Waals surface area contributed by atoms with Gasteiger partial charge in [0.1, 0.15) is 12.6 Å². The van der Waals surface area contributed by atoms with Crippen molar-refractivity contribution in [2.45, 2.75) is 32.0 Å². The van der Waals surface area contributed by atoms with Crippen LogP contribution in [0.25, 0.3) is 0 Å². The zero-order valence-corrected chi connectivity index (χ0v) is 10.6. The van der Waals surface area contributed by atoms with Crippen LogP contribution in [0.4, 0.5) is 0 Å². The number of aliphatic hydroxyl groups excluding tert-OH is 1. The lowest BCUT2D eigenvalue weighted by Crippen LogP contribution is -2.44. The van der Waals surface area contributed by atoms with Crippen LogP contribution in [0.15, 0.2) is 0 Å². The van der Waals surface area contributed by atoms with Gasteiger partial charge in [0.25, 0.3) is 0 Å². The molecular formula is C11H23NO4. The maximum atomic E-state index is 10.5. The maximum absolute atomic E-state index is 10.5. The summed E-state index contributed by atoms with van der Waals surface area (Å²) in [5.41, 5.74) is 0. The van der Waals surface area contributed by atoms with Crippen molar-refractivity contribution in [2.75, 3.05) is 34.3 Å². The molecule has 96 valence electrons. The van der Waals surface area contributed by atoms with Gasteiger partial charge in [-0.05, 0) is 13.3 Å². The fourth-order valence-corrected chi connectivity index (χ4v) is 1.38. The maximum Gasteiger partial charge on any atom is 0.112 e. The van der Waals surface area contributed by atoms with Crippen LogP contribution in [0.2, 0.25) is 0 Å². The topological polar surface area (TPSA) is 69.6 Å². The highest BCUT2D eigenvalue weighted by Gasteiger charge is 2.19. The Morgan fingerprint density at radius 2 is 2.00 bits per heavy atom. The van der Waals surface area contributed by atoms with E-state index >= 15 is 0 Å². The normalized spacial score (nSPS) is 15.8. The van der Waals surface area contributed by atoms with Crippen LogP contribution in [0, 0.1) is 0 Å². The number of aliphatic hydroxyl groups is 1. The van der Waals surface area contributed by atoms with E-state index in [-0.39, 0.29) is 12.5 Å². The molecule has 0 aliphatic heterocycles. The van der Waals surface area contributed by atoms with Crippen molar-refractivity contribution in [3.63, 3.8) is 0 Å². The Morgan fingerprint density at radius 3 is 2.38 bits per heavy atom. The van der Waals surface area contributed by atoms with Gasteiger partial charge in [-0.15, -0.1) is 0 Å². The molecule has 16 heavy (non-hydrogen) atoms. The van der Waals surface area contributed by atoms with Gasteiger partial charge in [0.05, 0.1) is 27.2 Å². The summed E-state index contributed by atoms with van der Waals surface area (Å²) in [5.74, 6) is -1.10. The molecule has 0 spiro atoms. The SMILES string of the molecule is CC(O)CCOC(CC(=O)[O-])C[N+](C)(C)C. The third kappa shape index (κ3) is 9.89. The monoisotopic (exact) mass is 233 g/mol. The van der Waals surface area contributed by atoms with Crippen molar-refractivity contribution in [2.24, 2.45) is 0 Å². The number of hydrogen-bond donors (Lipinski definition) is 1. The van der Waals surface area contributed by atoms with Gasteiger partial charge in [-0.3, -0.25) is 0 Å². The summed E-state index contributed by atoms with van der Waals surface area (Å²) in [6.07, 6.45) is -0.368. The van der Waals surface area contributed by atoms with Crippen molar-refractivity contribution in [3.8, 4) is 0 Å². The molecule has 0 aliphatic rings. The standard InChI is InChI=1S/C11H23NO4/c1-9(13)5-6-16-10(7-11(14)15)8-12(2,3)4/h9-10,13H,5-8H2,1-4H3. The van der Waals surface area contributed by atoms with Gasteiger partial charge in [0.15, 0.2) is 0 Å². The van der Waals surface area contributed by atoms with Gasteiger partial charge in [-0.1, -0.05) is 0 Å². The van der Waals surface area contributed by atoms with E-state index in [1.54, 1.807) is 6.92 Å². The zero-order valence-electron chi connectivity index (χ0n) is 10.6. The van der Waals surface area contributed by atoms with Crippen molar-refractivity contribution in [1.82, 2.24) is 0 Å². The van der Waals surface area contributed by atoms with Gasteiger partial charge in [0, 0.05) is 19.0 Å². The molecule has 0 bridgehead atoms. The zero-order chi connectivity index (χ0) is 12.8. The second-order valence-corrected chi connectivity index (χ2v) is 5.18. The van der Waals surface area contributed by atoms with Gasteiger partial charge >= 0.3 is 0 Å². The summed E-state index contributed by atoms with van der Waals surface area (Å²) >= 11 is 0. The lowest BCUT2D eigenvalue weighted by atomic mass is 10.2. The molecule has 0 aliphatic carbocycles. The lowest BCUT2D eigenvalue weighted by molar-refractivity contribution is -0.873. The largest absolute Gasteiger partial charge is 0.550 e. The molecule has 0 aromatic rings. The number of likely N-dealkylation sites (N-methyl/N-ethyl adjacent to an activating group) is 1. The second-order valence-electron chi connectivity index (χ2n) is 5.18. The van der Waals surface area contributed by atoms with Crippen LogP contribution < -0.4 is 5.11 Å². The summed E-state index contributed by atoms with van der Waals surface area (Å²) in [6.45, 7) is 2.65. The predicted octanol–water partition coefficient (Wildman–Crippen LogP) is -1.01. The molecule has 0 fully saturated rings. The minimum atomic E-state index is -1.10. The van der Waals surface area contributed by atoms with E-state index in [0.29, 0.717) is 24.1 Å². The molecule has 5 heteroatoms. The molecule has 0 amide bonds. The fraction of sp³-hybridized carbons (Fsp3) is 0.909. The summed E-state index contributed by atoms with van der Waals surface area (Å²) in [7, 11) is 5.92. The number of nitrogens with zero attached hydrogens (tertiary/aromatic N) is 1. The molecule has 0 aromatic heterocycles. The molecule has 1 N–H and O–H groups in total. The lowest BCUT2D eigenvalue weighted by Gasteiger charge is -2.29. The summed E-state index contributed by atoms with van der Waals surface area (Å²) in [4.78, 5) is 10.5. The van der Waals surface area contributed by atoms with Crippen molar-refractivity contribution in [3.05, 3.63) is 0 Å². The Balaban J connectivity index is 4.05. The minimum Gasteiger partial charge on any atom is -0.550 e. The third-order valence-electron chi connectivity index (χ3n) is 2.03. The number of carbonyl (C=O) groups excluding carboxylic acids is 1. The average Bonchev–Trinajstić information content (AvgIpc) is 1.98. The summed E-state index contributed by atoms with van der Waals surface area (Å²) < 4.78 is 6.07. The number of carboxylic acid groups (broad SMARTS) is 1. The van der Waals surface area contributed by atoms with Crippen molar-refractivity contribution < 1.29 is 24.2 Å². The first-order chi connectivity index (χ1) is 7.20. The highest BCUT2D eigenvalue weighted by molar-refractivity contribution is 5.64. The van der Waals surface area contributed by atoms with E-state index in [4.69, 9.17) is 9.84 Å². The number of carboxylic acids is 1. The number of carbonyl (C=O) groups is 1. The molecule has 0 radical (unpaired) electrons. The van der Waals surface area contributed by atoms with Gasteiger partial charge in [0.2, 0.25) is 0 Å². The van der Waals surface area contributed by atoms with Crippen molar-refractivity contribution in [1.29, 1.82) is 0 Å². The quantitative estimate of drug-likeness (QED) is 0.545. The molecular weight excluding hydrogens is 210 g/mol. The van der Waals surface area contributed by atoms with Gasteiger partial charge in [-0.25, -0.2) is 0 Å². The van der Waals surface area contributed by atoms with E-state index in [1.807, 2.05) is 21.1 Å². The Morgan fingerprint density at radius 1 is 1.44 bits per heavy atom. The Hall–Kier alpha value is -0.650. The first-order valence-corrected chi connectivity index (χ1v) is 5.50. The summed E-state index contributed by atoms with van der Waals surface area (Å²) in [5, 5.41) is 19.6. The molecule has 0 saturated heterocycles. The number of aliphatic carboxylic acids is 1. The van der Waals surface area contributed by atoms with E-state index in [1.165, 1.54) is 0 Å². The molecule has 5 nitrogen and oxygen atoms in total. The van der Waals surface area contributed by atoms with E-state index < -0.39 is 12.1 Å². The Labute approximate surface area is 97.2 Å². The Bertz CT molecular complexity index is 211. The molecule has 2 unspecified atom stereocenters. The second kappa shape index (κ2) is 6.83. The average molecular weight is 233 g/mol. The number of hydrogen-bond acceptors (Lipinski definition) is 4. The van der Waals surface area contributed by atoms with Gasteiger partial charge in [-0.2, -0.15) is 0 Å². The van der Waals surface area contributed by atoms with Crippen LogP contribution in [0.1, 0.15) is 19.8 Å². The van der Waals surface area contributed by atoms with Crippen LogP contribution in [0.3, 0.4) is 0 Å². The van der Waals surface area contributed by atoms with Crippen LogP contribution in [-0.4, -0.2) is 62.1 Å². The first kappa shape index (κ1) is 15.3. The smallest absolute Gasteiger partial charge is 0.112 e. The fourth-order valence-electron chi connectivity index (χ4n) is 1.38. The molecule has 0 aromatic carbocycles. The number of quaternary nitrogens is 1.